The quantitative estimate of drug-likeness (QED) is 0.318. The normalized spacial score (nSPS) is 15.8. The standard InChI is InChI=1S/C28H42O4/c1-18(2)10-8-11-19(3)12-9-13-20(4)14-15-22-21(5)27(29)23-16-25(31-6)26(32-7)17-24(23)28(22)30/h16-20H,8-15H2,1-7H3. The minimum absolute atomic E-state index is 0.0518. The Balaban J connectivity index is 1.92. The van der Waals surface area contributed by atoms with Crippen LogP contribution >= 0.6 is 0 Å². The van der Waals surface area contributed by atoms with Crippen molar-refractivity contribution in [2.45, 2.75) is 86.0 Å². The van der Waals surface area contributed by atoms with Crippen molar-refractivity contribution in [3.8, 4) is 11.5 Å². The van der Waals surface area contributed by atoms with Gasteiger partial charge in [0.2, 0.25) is 0 Å². The fourth-order valence-electron chi connectivity index (χ4n) is 4.60. The molecule has 2 rings (SSSR count). The van der Waals surface area contributed by atoms with Gasteiger partial charge in [0, 0.05) is 22.3 Å². The number of methoxy groups -OCH3 is 2. The van der Waals surface area contributed by atoms with Gasteiger partial charge in [-0.1, -0.05) is 66.2 Å². The van der Waals surface area contributed by atoms with E-state index in [0.717, 1.165) is 18.3 Å². The van der Waals surface area contributed by atoms with Gasteiger partial charge in [-0.25, -0.2) is 0 Å². The van der Waals surface area contributed by atoms with Gasteiger partial charge in [-0.2, -0.15) is 0 Å². The molecule has 0 aliphatic heterocycles. The minimum Gasteiger partial charge on any atom is -0.493 e. The molecule has 1 aliphatic carbocycles. The van der Waals surface area contributed by atoms with Crippen LogP contribution < -0.4 is 9.47 Å². The molecule has 2 atom stereocenters. The molecule has 0 aromatic heterocycles. The lowest BCUT2D eigenvalue weighted by molar-refractivity contribution is 0.0970. The first kappa shape index (κ1) is 26.2. The van der Waals surface area contributed by atoms with Gasteiger partial charge in [0.05, 0.1) is 14.2 Å². The smallest absolute Gasteiger partial charge is 0.190 e. The topological polar surface area (TPSA) is 52.6 Å². The van der Waals surface area contributed by atoms with Crippen LogP contribution in [0.5, 0.6) is 11.5 Å². The second-order valence-corrected chi connectivity index (χ2v) is 10.0. The average molecular weight is 443 g/mol. The Labute approximate surface area is 194 Å². The first-order valence-electron chi connectivity index (χ1n) is 12.2. The first-order chi connectivity index (χ1) is 15.2. The minimum atomic E-state index is -0.0848. The summed E-state index contributed by atoms with van der Waals surface area (Å²) in [7, 11) is 3.07. The summed E-state index contributed by atoms with van der Waals surface area (Å²) in [4.78, 5) is 26.2. The number of hydrogen-bond donors (Lipinski definition) is 0. The number of ether oxygens (including phenoxy) is 2. The SMILES string of the molecule is COc1cc2c(cc1OC)C(=O)C(CCC(C)CCCC(C)CCCC(C)C)=C(C)C2=O. The van der Waals surface area contributed by atoms with Crippen LogP contribution in [0.2, 0.25) is 0 Å². The van der Waals surface area contributed by atoms with E-state index in [1.54, 1.807) is 19.1 Å². The number of hydrogen-bond acceptors (Lipinski definition) is 4. The molecule has 0 amide bonds. The molecule has 1 aliphatic rings. The molecule has 2 unspecified atom stereocenters. The van der Waals surface area contributed by atoms with E-state index in [2.05, 4.69) is 27.7 Å². The van der Waals surface area contributed by atoms with Crippen LogP contribution in [0.3, 0.4) is 0 Å². The Morgan fingerprint density at radius 2 is 1.19 bits per heavy atom. The third kappa shape index (κ3) is 6.70. The third-order valence-electron chi connectivity index (χ3n) is 6.84. The van der Waals surface area contributed by atoms with Crippen molar-refractivity contribution in [1.82, 2.24) is 0 Å². The summed E-state index contributed by atoms with van der Waals surface area (Å²) < 4.78 is 10.6. The van der Waals surface area contributed by atoms with Gasteiger partial charge in [-0.3, -0.25) is 9.59 Å². The molecule has 0 N–H and O–H groups in total. The van der Waals surface area contributed by atoms with Crippen molar-refractivity contribution in [2.24, 2.45) is 17.8 Å². The highest BCUT2D eigenvalue weighted by atomic mass is 16.5. The number of carbonyl (C=O) groups is 2. The van der Waals surface area contributed by atoms with Crippen molar-refractivity contribution in [3.63, 3.8) is 0 Å². The molecule has 4 heteroatoms. The Bertz CT molecular complexity index is 834. The van der Waals surface area contributed by atoms with Gasteiger partial charge in [-0.15, -0.1) is 0 Å². The Kier molecular flexibility index (Phi) is 9.99. The van der Waals surface area contributed by atoms with Gasteiger partial charge >= 0.3 is 0 Å². The molecule has 32 heavy (non-hydrogen) atoms. The molecule has 1 aromatic carbocycles. The van der Waals surface area contributed by atoms with Crippen molar-refractivity contribution >= 4 is 11.6 Å². The molecule has 0 bridgehead atoms. The number of Topliss-reactive ketones (excluding diaryl/α,β-unsaturated/α-hetero) is 2. The van der Waals surface area contributed by atoms with Crippen LogP contribution in [-0.2, 0) is 0 Å². The summed E-state index contributed by atoms with van der Waals surface area (Å²) in [5.74, 6) is 2.92. The van der Waals surface area contributed by atoms with Gasteiger partial charge in [-0.05, 0) is 49.7 Å². The molecule has 0 spiro atoms. The highest BCUT2D eigenvalue weighted by molar-refractivity contribution is 6.27. The summed E-state index contributed by atoms with van der Waals surface area (Å²) in [5, 5.41) is 0. The van der Waals surface area contributed by atoms with Gasteiger partial charge in [0.1, 0.15) is 0 Å². The zero-order valence-electron chi connectivity index (χ0n) is 21.2. The number of rotatable bonds is 13. The Hall–Kier alpha value is -2.10. The van der Waals surface area contributed by atoms with Gasteiger partial charge in [0.25, 0.3) is 0 Å². The second kappa shape index (κ2) is 12.2. The summed E-state index contributed by atoms with van der Waals surface area (Å²) in [5.41, 5.74) is 2.06. The van der Waals surface area contributed by atoms with Gasteiger partial charge in [0.15, 0.2) is 23.1 Å². The zero-order chi connectivity index (χ0) is 23.8. The van der Waals surface area contributed by atoms with Crippen LogP contribution in [-0.4, -0.2) is 25.8 Å². The first-order valence-corrected chi connectivity index (χ1v) is 12.2. The number of carbonyl (C=O) groups excluding carboxylic acids is 2. The molecule has 0 radical (unpaired) electrons. The fourth-order valence-corrected chi connectivity index (χ4v) is 4.60. The molecular weight excluding hydrogens is 400 g/mol. The summed E-state index contributed by atoms with van der Waals surface area (Å²) >= 11 is 0. The monoisotopic (exact) mass is 442 g/mol. The third-order valence-corrected chi connectivity index (χ3v) is 6.84. The lowest BCUT2D eigenvalue weighted by Gasteiger charge is -2.22. The van der Waals surface area contributed by atoms with Gasteiger partial charge < -0.3 is 9.47 Å². The summed E-state index contributed by atoms with van der Waals surface area (Å²) in [6, 6.07) is 3.27. The van der Waals surface area contributed by atoms with E-state index in [4.69, 9.17) is 9.47 Å². The molecule has 178 valence electrons. The van der Waals surface area contributed by atoms with E-state index in [1.165, 1.54) is 52.7 Å². The molecule has 0 heterocycles. The van der Waals surface area contributed by atoms with Crippen molar-refractivity contribution in [3.05, 3.63) is 34.4 Å². The summed E-state index contributed by atoms with van der Waals surface area (Å²) in [6.07, 6.45) is 9.23. The predicted octanol–water partition coefficient (Wildman–Crippen LogP) is 7.45. The van der Waals surface area contributed by atoms with E-state index in [9.17, 15) is 9.59 Å². The number of ketones is 2. The van der Waals surface area contributed by atoms with E-state index >= 15 is 0 Å². The van der Waals surface area contributed by atoms with E-state index in [0.29, 0.717) is 46.1 Å². The average Bonchev–Trinajstić information content (AvgIpc) is 2.76. The zero-order valence-corrected chi connectivity index (χ0v) is 21.2. The lowest BCUT2D eigenvalue weighted by Crippen LogP contribution is -2.21. The maximum Gasteiger partial charge on any atom is 0.190 e. The predicted molar refractivity (Wildman–Crippen MR) is 131 cm³/mol. The Morgan fingerprint density at radius 3 is 1.69 bits per heavy atom. The molecule has 0 saturated heterocycles. The van der Waals surface area contributed by atoms with Crippen LogP contribution in [0, 0.1) is 17.8 Å². The molecule has 0 fully saturated rings. The number of fused-ring (bicyclic) bond motifs is 1. The number of allylic oxidation sites excluding steroid dienone is 2. The summed E-state index contributed by atoms with van der Waals surface area (Å²) in [6.45, 7) is 11.0. The number of benzene rings is 1. The fraction of sp³-hybridized carbons (Fsp3) is 0.643. The molecule has 0 saturated carbocycles. The van der Waals surface area contributed by atoms with E-state index in [-0.39, 0.29) is 11.6 Å². The van der Waals surface area contributed by atoms with E-state index in [1.807, 2.05) is 0 Å². The maximum absolute atomic E-state index is 13.2. The lowest BCUT2D eigenvalue weighted by atomic mass is 9.81. The largest absolute Gasteiger partial charge is 0.493 e. The van der Waals surface area contributed by atoms with Crippen LogP contribution in [0.4, 0.5) is 0 Å². The highest BCUT2D eigenvalue weighted by Crippen LogP contribution is 2.37. The van der Waals surface area contributed by atoms with E-state index < -0.39 is 0 Å². The van der Waals surface area contributed by atoms with Crippen LogP contribution in [0.25, 0.3) is 0 Å². The van der Waals surface area contributed by atoms with Crippen molar-refractivity contribution in [2.75, 3.05) is 14.2 Å². The van der Waals surface area contributed by atoms with Crippen LogP contribution in [0.1, 0.15) is 107 Å². The maximum atomic E-state index is 13.2. The van der Waals surface area contributed by atoms with Crippen LogP contribution in [0.15, 0.2) is 23.3 Å². The van der Waals surface area contributed by atoms with Crippen molar-refractivity contribution in [1.29, 1.82) is 0 Å². The highest BCUT2D eigenvalue weighted by Gasteiger charge is 2.31. The van der Waals surface area contributed by atoms with Crippen molar-refractivity contribution < 1.29 is 19.1 Å². The molecular formula is C28H42O4. The Morgan fingerprint density at radius 1 is 0.719 bits per heavy atom. The second-order valence-electron chi connectivity index (χ2n) is 10.0. The molecule has 1 aromatic rings. The molecule has 4 nitrogen and oxygen atoms in total.